The van der Waals surface area contributed by atoms with Gasteiger partial charge in [0, 0.05) is 12.6 Å². The summed E-state index contributed by atoms with van der Waals surface area (Å²) in [6.07, 6.45) is -4.65. The van der Waals surface area contributed by atoms with Crippen molar-refractivity contribution in [3.05, 3.63) is 35.4 Å². The van der Waals surface area contributed by atoms with Gasteiger partial charge in [0.15, 0.2) is 0 Å². The number of nitrogens with zero attached hydrogens (tertiary/aromatic N) is 1. The summed E-state index contributed by atoms with van der Waals surface area (Å²) in [5.74, 6) is 0. The summed E-state index contributed by atoms with van der Waals surface area (Å²) >= 11 is 0. The molecule has 0 aliphatic rings. The Balaban J connectivity index is 2.61. The van der Waals surface area contributed by atoms with Crippen molar-refractivity contribution in [1.82, 2.24) is 4.90 Å². The number of aliphatic hydroxyl groups is 1. The second kappa shape index (κ2) is 7.09. The van der Waals surface area contributed by atoms with E-state index in [2.05, 4.69) is 0 Å². The highest BCUT2D eigenvalue weighted by molar-refractivity contribution is 5.27. The Morgan fingerprint density at radius 1 is 1.20 bits per heavy atom. The number of aryl methyl sites for hydroxylation is 1. The molecule has 5 heteroatoms. The smallest absolute Gasteiger partial charge is 0.388 e. The number of hydrogen-bond donors (Lipinski definition) is 1. The van der Waals surface area contributed by atoms with E-state index in [0.29, 0.717) is 6.42 Å². The van der Waals surface area contributed by atoms with E-state index >= 15 is 0 Å². The van der Waals surface area contributed by atoms with Gasteiger partial charge in [-0.1, -0.05) is 24.3 Å². The van der Waals surface area contributed by atoms with Gasteiger partial charge in [-0.3, -0.25) is 4.90 Å². The van der Waals surface area contributed by atoms with E-state index in [0.717, 1.165) is 11.1 Å². The van der Waals surface area contributed by atoms with Gasteiger partial charge in [0.25, 0.3) is 0 Å². The third-order valence-corrected chi connectivity index (χ3v) is 3.35. The Morgan fingerprint density at radius 3 is 2.30 bits per heavy atom. The molecule has 1 aromatic rings. The van der Waals surface area contributed by atoms with Crippen molar-refractivity contribution < 1.29 is 18.3 Å². The number of alkyl halides is 3. The summed E-state index contributed by atoms with van der Waals surface area (Å²) in [4.78, 5) is 1.33. The summed E-state index contributed by atoms with van der Waals surface area (Å²) in [6.45, 7) is 4.62. The summed E-state index contributed by atoms with van der Waals surface area (Å²) in [5, 5.41) is 10.1. The number of halogens is 3. The molecule has 1 unspecified atom stereocenters. The first-order valence-corrected chi connectivity index (χ1v) is 6.75. The van der Waals surface area contributed by atoms with E-state index in [-0.39, 0.29) is 12.6 Å². The van der Waals surface area contributed by atoms with Gasteiger partial charge in [-0.2, -0.15) is 13.2 Å². The highest BCUT2D eigenvalue weighted by atomic mass is 19.4. The topological polar surface area (TPSA) is 23.5 Å². The van der Waals surface area contributed by atoms with Crippen molar-refractivity contribution in [1.29, 1.82) is 0 Å². The molecule has 1 aromatic carbocycles. The molecule has 1 N–H and O–H groups in total. The minimum atomic E-state index is -4.21. The maximum absolute atomic E-state index is 12.5. The van der Waals surface area contributed by atoms with Crippen molar-refractivity contribution in [2.24, 2.45) is 0 Å². The average molecular weight is 289 g/mol. The van der Waals surface area contributed by atoms with Crippen LogP contribution in [0.25, 0.3) is 0 Å². The van der Waals surface area contributed by atoms with Crippen LogP contribution < -0.4 is 0 Å². The monoisotopic (exact) mass is 289 g/mol. The van der Waals surface area contributed by atoms with Gasteiger partial charge in [-0.05, 0) is 38.3 Å². The highest BCUT2D eigenvalue weighted by Gasteiger charge is 2.31. The molecule has 0 bridgehead atoms. The predicted molar refractivity (Wildman–Crippen MR) is 73.5 cm³/mol. The summed E-state index contributed by atoms with van der Waals surface area (Å²) in [5.41, 5.74) is 1.73. The summed E-state index contributed by atoms with van der Waals surface area (Å²) < 4.78 is 37.4. The lowest BCUT2D eigenvalue weighted by molar-refractivity contribution is -0.150. The van der Waals surface area contributed by atoms with Crippen LogP contribution in [0.15, 0.2) is 24.3 Å². The Bertz CT molecular complexity index is 418. The molecule has 0 spiro atoms. The second-order valence-electron chi connectivity index (χ2n) is 5.34. The van der Waals surface area contributed by atoms with Crippen molar-refractivity contribution in [2.75, 3.05) is 13.1 Å². The van der Waals surface area contributed by atoms with Gasteiger partial charge in [0.05, 0.1) is 12.6 Å². The molecule has 0 fully saturated rings. The van der Waals surface area contributed by atoms with Crippen molar-refractivity contribution in [3.8, 4) is 0 Å². The van der Waals surface area contributed by atoms with E-state index in [1.54, 1.807) is 13.8 Å². The Labute approximate surface area is 118 Å². The van der Waals surface area contributed by atoms with Gasteiger partial charge in [-0.15, -0.1) is 0 Å². The lowest BCUT2D eigenvalue weighted by atomic mass is 10.0. The molecule has 114 valence electrons. The lowest BCUT2D eigenvalue weighted by Crippen LogP contribution is -2.40. The minimum absolute atomic E-state index is 0.208. The largest absolute Gasteiger partial charge is 0.401 e. The van der Waals surface area contributed by atoms with E-state index in [1.165, 1.54) is 4.90 Å². The van der Waals surface area contributed by atoms with E-state index < -0.39 is 18.8 Å². The fraction of sp³-hybridized carbons (Fsp3) is 0.600. The number of rotatable bonds is 6. The molecule has 0 heterocycles. The molecule has 0 aliphatic carbocycles. The first-order valence-electron chi connectivity index (χ1n) is 6.75. The fourth-order valence-corrected chi connectivity index (χ4v) is 2.15. The third kappa shape index (κ3) is 5.51. The summed E-state index contributed by atoms with van der Waals surface area (Å²) in [7, 11) is 0. The van der Waals surface area contributed by atoms with Crippen molar-refractivity contribution >= 4 is 0 Å². The van der Waals surface area contributed by atoms with Crippen LogP contribution in [0, 0.1) is 6.92 Å². The molecule has 20 heavy (non-hydrogen) atoms. The first-order chi connectivity index (χ1) is 9.20. The number of aliphatic hydroxyl groups excluding tert-OH is 1. The van der Waals surface area contributed by atoms with Gasteiger partial charge in [-0.25, -0.2) is 0 Å². The SMILES string of the molecule is Cc1ccccc1C(O)CCN(CC(F)(F)F)C(C)C. The molecule has 0 amide bonds. The molecule has 0 saturated carbocycles. The molecule has 0 aliphatic heterocycles. The Kier molecular flexibility index (Phi) is 6.02. The van der Waals surface area contributed by atoms with Crippen LogP contribution in [0.1, 0.15) is 37.5 Å². The zero-order valence-corrected chi connectivity index (χ0v) is 12.1. The standard InChI is InChI=1S/C15H22F3NO/c1-11(2)19(10-15(16,17)18)9-8-14(20)13-7-5-4-6-12(13)3/h4-7,11,14,20H,8-10H2,1-3H3. The maximum atomic E-state index is 12.5. The highest BCUT2D eigenvalue weighted by Crippen LogP contribution is 2.23. The van der Waals surface area contributed by atoms with Gasteiger partial charge in [0.1, 0.15) is 0 Å². The molecular weight excluding hydrogens is 267 g/mol. The number of hydrogen-bond acceptors (Lipinski definition) is 2. The molecule has 1 rings (SSSR count). The maximum Gasteiger partial charge on any atom is 0.401 e. The van der Waals surface area contributed by atoms with Crippen molar-refractivity contribution in [2.45, 2.75) is 45.5 Å². The minimum Gasteiger partial charge on any atom is -0.388 e. The van der Waals surface area contributed by atoms with Crippen LogP contribution in [0.3, 0.4) is 0 Å². The third-order valence-electron chi connectivity index (χ3n) is 3.35. The molecule has 0 saturated heterocycles. The Hall–Kier alpha value is -1.07. The molecule has 0 aromatic heterocycles. The summed E-state index contributed by atoms with van der Waals surface area (Å²) in [6, 6.07) is 7.18. The first kappa shape index (κ1) is 17.0. The fourth-order valence-electron chi connectivity index (χ4n) is 2.15. The molecule has 0 radical (unpaired) electrons. The van der Waals surface area contributed by atoms with E-state index in [1.807, 2.05) is 31.2 Å². The zero-order valence-electron chi connectivity index (χ0n) is 12.1. The lowest BCUT2D eigenvalue weighted by Gasteiger charge is -2.28. The van der Waals surface area contributed by atoms with Crippen LogP contribution in [0.2, 0.25) is 0 Å². The van der Waals surface area contributed by atoms with Gasteiger partial charge < -0.3 is 5.11 Å². The van der Waals surface area contributed by atoms with Crippen LogP contribution in [-0.4, -0.2) is 35.3 Å². The zero-order chi connectivity index (χ0) is 15.3. The molecular formula is C15H22F3NO. The normalized spacial score (nSPS) is 14.1. The predicted octanol–water partition coefficient (Wildman–Crippen LogP) is 3.69. The quantitative estimate of drug-likeness (QED) is 0.863. The Morgan fingerprint density at radius 2 is 1.80 bits per heavy atom. The van der Waals surface area contributed by atoms with Crippen LogP contribution >= 0.6 is 0 Å². The average Bonchev–Trinajstić information content (AvgIpc) is 2.33. The van der Waals surface area contributed by atoms with Gasteiger partial charge >= 0.3 is 6.18 Å². The number of benzene rings is 1. The van der Waals surface area contributed by atoms with Crippen LogP contribution in [0.4, 0.5) is 13.2 Å². The van der Waals surface area contributed by atoms with Crippen LogP contribution in [0.5, 0.6) is 0 Å². The van der Waals surface area contributed by atoms with Crippen molar-refractivity contribution in [3.63, 3.8) is 0 Å². The van der Waals surface area contributed by atoms with Gasteiger partial charge in [0.2, 0.25) is 0 Å². The molecule has 2 nitrogen and oxygen atoms in total. The molecule has 1 atom stereocenters. The van der Waals surface area contributed by atoms with Crippen LogP contribution in [-0.2, 0) is 0 Å². The second-order valence-corrected chi connectivity index (χ2v) is 5.34. The van der Waals surface area contributed by atoms with E-state index in [9.17, 15) is 18.3 Å². The van der Waals surface area contributed by atoms with E-state index in [4.69, 9.17) is 0 Å².